The van der Waals surface area contributed by atoms with Gasteiger partial charge in [0.15, 0.2) is 0 Å². The minimum atomic E-state index is -1.03. The Hall–Kier alpha value is -3.29. The Morgan fingerprint density at radius 3 is 2.62 bits per heavy atom. The molecule has 0 saturated carbocycles. The van der Waals surface area contributed by atoms with Crippen molar-refractivity contribution in [1.82, 2.24) is 0 Å². The Balaban J connectivity index is 1.61. The zero-order chi connectivity index (χ0) is 20.5. The lowest BCUT2D eigenvalue weighted by Crippen LogP contribution is -2.27. The van der Waals surface area contributed by atoms with E-state index in [1.165, 1.54) is 18.2 Å². The zero-order valence-corrected chi connectivity index (χ0v) is 16.2. The van der Waals surface area contributed by atoms with E-state index in [1.54, 1.807) is 48.5 Å². The molecule has 0 unspecified atom stereocenters. The van der Waals surface area contributed by atoms with Crippen LogP contribution in [0.2, 0.25) is 5.02 Å². The number of halogens is 1. The molecule has 1 aromatic heterocycles. The molecule has 6 nitrogen and oxygen atoms in total. The van der Waals surface area contributed by atoms with E-state index in [1.807, 2.05) is 0 Å². The quantitative estimate of drug-likeness (QED) is 0.552. The second kappa shape index (κ2) is 7.62. The molecule has 2 amide bonds. The van der Waals surface area contributed by atoms with Gasteiger partial charge < -0.3 is 9.52 Å². The van der Waals surface area contributed by atoms with Crippen molar-refractivity contribution in [3.63, 3.8) is 0 Å². The fourth-order valence-corrected chi connectivity index (χ4v) is 3.83. The lowest BCUT2D eigenvalue weighted by molar-refractivity contribution is -0.113. The average molecular weight is 426 g/mol. The summed E-state index contributed by atoms with van der Waals surface area (Å²) in [5, 5.41) is 9.11. The van der Waals surface area contributed by atoms with Gasteiger partial charge in [-0.25, -0.2) is 9.69 Å². The van der Waals surface area contributed by atoms with E-state index in [0.29, 0.717) is 27.8 Å². The fraction of sp³-hybridized carbons (Fsp3) is 0. The number of imide groups is 1. The smallest absolute Gasteiger partial charge is 0.335 e. The molecule has 1 fully saturated rings. The molecule has 2 heterocycles. The van der Waals surface area contributed by atoms with Crippen LogP contribution >= 0.6 is 23.4 Å². The molecule has 0 spiro atoms. The SMILES string of the molecule is O=C(O)c1cccc(-c2ccc(/C=C3/SC(=O)N(c4cccc(Cl)c4)C3=O)o2)c1. The van der Waals surface area contributed by atoms with E-state index in [2.05, 4.69) is 0 Å². The number of aromatic carboxylic acids is 1. The van der Waals surface area contributed by atoms with E-state index in [4.69, 9.17) is 21.1 Å². The zero-order valence-electron chi connectivity index (χ0n) is 14.7. The number of amides is 2. The molecule has 0 atom stereocenters. The fourth-order valence-electron chi connectivity index (χ4n) is 2.83. The van der Waals surface area contributed by atoms with Crippen molar-refractivity contribution in [2.75, 3.05) is 4.90 Å². The van der Waals surface area contributed by atoms with Crippen LogP contribution in [0.4, 0.5) is 10.5 Å². The van der Waals surface area contributed by atoms with Crippen molar-refractivity contribution >= 4 is 52.2 Å². The molecule has 1 N–H and O–H groups in total. The van der Waals surface area contributed by atoms with Gasteiger partial charge in [0.1, 0.15) is 11.5 Å². The number of anilines is 1. The monoisotopic (exact) mass is 425 g/mol. The van der Waals surface area contributed by atoms with Crippen LogP contribution in [0.1, 0.15) is 16.1 Å². The van der Waals surface area contributed by atoms with Crippen molar-refractivity contribution in [3.05, 3.63) is 81.9 Å². The van der Waals surface area contributed by atoms with Crippen LogP contribution in [0.3, 0.4) is 0 Å². The third-order valence-electron chi connectivity index (χ3n) is 4.15. The van der Waals surface area contributed by atoms with Crippen LogP contribution in [0.5, 0.6) is 0 Å². The molecular weight excluding hydrogens is 414 g/mol. The second-order valence-electron chi connectivity index (χ2n) is 6.08. The number of carboxylic acid groups (broad SMARTS) is 1. The molecule has 1 aliphatic rings. The summed E-state index contributed by atoms with van der Waals surface area (Å²) in [5.41, 5.74) is 1.13. The molecule has 0 aliphatic carbocycles. The highest BCUT2D eigenvalue weighted by molar-refractivity contribution is 8.19. The summed E-state index contributed by atoms with van der Waals surface area (Å²) in [6.07, 6.45) is 1.49. The van der Waals surface area contributed by atoms with Crippen LogP contribution in [0.15, 0.2) is 70.0 Å². The predicted molar refractivity (Wildman–Crippen MR) is 111 cm³/mol. The lowest BCUT2D eigenvalue weighted by Gasteiger charge is -2.12. The number of hydrogen-bond donors (Lipinski definition) is 1. The first-order valence-electron chi connectivity index (χ1n) is 8.39. The topological polar surface area (TPSA) is 87.8 Å². The van der Waals surface area contributed by atoms with Gasteiger partial charge in [-0.05, 0) is 54.2 Å². The van der Waals surface area contributed by atoms with Crippen LogP contribution < -0.4 is 4.90 Å². The summed E-state index contributed by atoms with van der Waals surface area (Å²) in [6.45, 7) is 0. The summed E-state index contributed by atoms with van der Waals surface area (Å²) in [4.78, 5) is 37.4. The maximum atomic E-state index is 12.7. The van der Waals surface area contributed by atoms with Gasteiger partial charge in [0.05, 0.1) is 16.2 Å². The molecular formula is C21H12ClNO5S. The van der Waals surface area contributed by atoms with Crippen LogP contribution in [-0.2, 0) is 4.79 Å². The maximum Gasteiger partial charge on any atom is 0.335 e. The van der Waals surface area contributed by atoms with E-state index in [-0.39, 0.29) is 10.5 Å². The average Bonchev–Trinajstić information content (AvgIpc) is 3.26. The first-order chi connectivity index (χ1) is 13.9. The largest absolute Gasteiger partial charge is 0.478 e. The highest BCUT2D eigenvalue weighted by Crippen LogP contribution is 2.37. The summed E-state index contributed by atoms with van der Waals surface area (Å²) in [6, 6.07) is 16.1. The summed E-state index contributed by atoms with van der Waals surface area (Å²) < 4.78 is 5.72. The van der Waals surface area contributed by atoms with Crippen molar-refractivity contribution in [3.8, 4) is 11.3 Å². The molecule has 8 heteroatoms. The first-order valence-corrected chi connectivity index (χ1v) is 9.59. The van der Waals surface area contributed by atoms with Gasteiger partial charge in [0, 0.05) is 16.7 Å². The minimum Gasteiger partial charge on any atom is -0.478 e. The third-order valence-corrected chi connectivity index (χ3v) is 5.26. The van der Waals surface area contributed by atoms with E-state index >= 15 is 0 Å². The summed E-state index contributed by atoms with van der Waals surface area (Å²) in [7, 11) is 0. The molecule has 1 saturated heterocycles. The van der Waals surface area contributed by atoms with E-state index < -0.39 is 17.1 Å². The first kappa shape index (κ1) is 19.0. The van der Waals surface area contributed by atoms with Gasteiger partial charge in [-0.3, -0.25) is 9.59 Å². The molecule has 3 aromatic rings. The number of carbonyl (C=O) groups is 3. The Bertz CT molecular complexity index is 1180. The van der Waals surface area contributed by atoms with Gasteiger partial charge >= 0.3 is 5.97 Å². The number of rotatable bonds is 4. The van der Waals surface area contributed by atoms with Crippen molar-refractivity contribution in [1.29, 1.82) is 0 Å². The van der Waals surface area contributed by atoms with Gasteiger partial charge in [-0.15, -0.1) is 0 Å². The Kier molecular flexibility index (Phi) is 5.00. The second-order valence-corrected chi connectivity index (χ2v) is 7.51. The number of benzene rings is 2. The van der Waals surface area contributed by atoms with E-state index in [9.17, 15) is 14.4 Å². The molecule has 144 valence electrons. The van der Waals surface area contributed by atoms with Crippen LogP contribution in [0.25, 0.3) is 17.4 Å². The normalized spacial score (nSPS) is 15.3. The van der Waals surface area contributed by atoms with Crippen molar-refractivity contribution in [2.45, 2.75) is 0 Å². The Morgan fingerprint density at radius 2 is 1.86 bits per heavy atom. The molecule has 1 aliphatic heterocycles. The predicted octanol–water partition coefficient (Wildman–Crippen LogP) is 5.54. The van der Waals surface area contributed by atoms with Crippen LogP contribution in [-0.4, -0.2) is 22.2 Å². The standard InChI is InChI=1S/C21H12ClNO5S/c22-14-5-2-6-15(10-14)23-19(24)18(29-21(23)27)11-16-7-8-17(28-16)12-3-1-4-13(9-12)20(25)26/h1-11H,(H,25,26)/b18-11+. The van der Waals surface area contributed by atoms with Gasteiger partial charge in [0.25, 0.3) is 11.1 Å². The minimum absolute atomic E-state index is 0.142. The number of nitrogens with zero attached hydrogens (tertiary/aromatic N) is 1. The molecule has 2 aromatic carbocycles. The molecule has 0 radical (unpaired) electrons. The third kappa shape index (κ3) is 3.83. The van der Waals surface area contributed by atoms with Crippen LogP contribution in [0, 0.1) is 0 Å². The molecule has 29 heavy (non-hydrogen) atoms. The van der Waals surface area contributed by atoms with Crippen molar-refractivity contribution < 1.29 is 23.9 Å². The van der Waals surface area contributed by atoms with Gasteiger partial charge in [-0.1, -0.05) is 29.8 Å². The van der Waals surface area contributed by atoms with Gasteiger partial charge in [0.2, 0.25) is 0 Å². The number of carboxylic acids is 1. The van der Waals surface area contributed by atoms with Crippen molar-refractivity contribution in [2.24, 2.45) is 0 Å². The Morgan fingerprint density at radius 1 is 1.07 bits per heavy atom. The summed E-state index contributed by atoms with van der Waals surface area (Å²) in [5.74, 6) is -0.674. The molecule has 4 rings (SSSR count). The Labute approximate surface area is 174 Å². The van der Waals surface area contributed by atoms with Gasteiger partial charge in [-0.2, -0.15) is 0 Å². The highest BCUT2D eigenvalue weighted by Gasteiger charge is 2.36. The molecule has 0 bridgehead atoms. The number of thioether (sulfide) groups is 1. The number of hydrogen-bond acceptors (Lipinski definition) is 5. The number of carbonyl (C=O) groups excluding carboxylic acids is 2. The summed E-state index contributed by atoms with van der Waals surface area (Å²) >= 11 is 6.76. The highest BCUT2D eigenvalue weighted by atomic mass is 35.5. The lowest BCUT2D eigenvalue weighted by atomic mass is 10.1. The number of furan rings is 1. The maximum absolute atomic E-state index is 12.7. The van der Waals surface area contributed by atoms with E-state index in [0.717, 1.165) is 16.7 Å².